The van der Waals surface area contributed by atoms with Crippen LogP contribution in [0.25, 0.3) is 22.8 Å². The van der Waals surface area contributed by atoms with E-state index in [9.17, 15) is 4.79 Å². The monoisotopic (exact) mass is 389 g/mol. The summed E-state index contributed by atoms with van der Waals surface area (Å²) in [6.45, 7) is 5.57. The SMILES string of the molecule is COc1ccc2oc(C3=c4cc5c(cc4C=C(C)O3)=NC(=O)C(C)O5)c(C)c2c1. The van der Waals surface area contributed by atoms with Crippen LogP contribution >= 0.6 is 0 Å². The van der Waals surface area contributed by atoms with E-state index in [1.54, 1.807) is 14.0 Å². The fourth-order valence-corrected chi connectivity index (χ4v) is 3.71. The Morgan fingerprint density at radius 2 is 1.97 bits per heavy atom. The summed E-state index contributed by atoms with van der Waals surface area (Å²) in [5.41, 5.74) is 2.61. The molecule has 0 saturated carbocycles. The molecule has 1 atom stereocenters. The predicted octanol–water partition coefficient (Wildman–Crippen LogP) is 3.22. The van der Waals surface area contributed by atoms with Gasteiger partial charge >= 0.3 is 0 Å². The van der Waals surface area contributed by atoms with Crippen LogP contribution in [0.4, 0.5) is 0 Å². The Kier molecular flexibility index (Phi) is 3.77. The molecule has 0 radical (unpaired) electrons. The number of aryl methyl sites for hydroxylation is 1. The third kappa shape index (κ3) is 2.71. The number of amides is 1. The van der Waals surface area contributed by atoms with E-state index in [1.807, 2.05) is 50.3 Å². The minimum absolute atomic E-state index is 0.281. The molecule has 0 bridgehead atoms. The largest absolute Gasteiger partial charge is 0.497 e. The second-order valence-corrected chi connectivity index (χ2v) is 7.22. The fraction of sp³-hybridized carbons (Fsp3) is 0.217. The molecular weight excluding hydrogens is 370 g/mol. The summed E-state index contributed by atoms with van der Waals surface area (Å²) in [7, 11) is 1.64. The molecule has 6 heteroatoms. The Morgan fingerprint density at radius 3 is 2.76 bits per heavy atom. The van der Waals surface area contributed by atoms with Gasteiger partial charge in [-0.25, -0.2) is 4.99 Å². The van der Waals surface area contributed by atoms with Gasteiger partial charge in [-0.15, -0.1) is 0 Å². The molecule has 146 valence electrons. The highest BCUT2D eigenvalue weighted by molar-refractivity contribution is 5.87. The van der Waals surface area contributed by atoms with Gasteiger partial charge in [0.2, 0.25) is 0 Å². The summed E-state index contributed by atoms with van der Waals surface area (Å²) in [6, 6.07) is 9.42. The average Bonchev–Trinajstić information content (AvgIpc) is 3.03. The lowest BCUT2D eigenvalue weighted by atomic mass is 10.0. The van der Waals surface area contributed by atoms with Gasteiger partial charge in [0.25, 0.3) is 5.91 Å². The normalized spacial score (nSPS) is 17.7. The summed E-state index contributed by atoms with van der Waals surface area (Å²) in [4.78, 5) is 16.1. The van der Waals surface area contributed by atoms with E-state index in [0.29, 0.717) is 22.6 Å². The van der Waals surface area contributed by atoms with E-state index in [0.717, 1.165) is 38.8 Å². The average molecular weight is 389 g/mol. The van der Waals surface area contributed by atoms with Crippen molar-refractivity contribution in [2.75, 3.05) is 7.11 Å². The van der Waals surface area contributed by atoms with Gasteiger partial charge in [-0.05, 0) is 62.7 Å². The van der Waals surface area contributed by atoms with Gasteiger partial charge in [0.05, 0.1) is 7.11 Å². The molecule has 1 amide bonds. The number of hydrogen-bond donors (Lipinski definition) is 0. The maximum atomic E-state index is 11.9. The molecule has 5 rings (SSSR count). The number of allylic oxidation sites excluding steroid dienone is 1. The Balaban J connectivity index is 1.80. The molecule has 6 nitrogen and oxygen atoms in total. The van der Waals surface area contributed by atoms with Gasteiger partial charge in [0.1, 0.15) is 28.2 Å². The van der Waals surface area contributed by atoms with Crippen molar-refractivity contribution in [3.63, 3.8) is 0 Å². The highest BCUT2D eigenvalue weighted by Gasteiger charge is 2.25. The minimum Gasteiger partial charge on any atom is -0.497 e. The summed E-state index contributed by atoms with van der Waals surface area (Å²) in [5, 5.41) is 2.33. The fourth-order valence-electron chi connectivity index (χ4n) is 3.71. The van der Waals surface area contributed by atoms with Crippen LogP contribution in [0.1, 0.15) is 30.7 Å². The van der Waals surface area contributed by atoms with Crippen molar-refractivity contribution in [2.24, 2.45) is 4.99 Å². The van der Waals surface area contributed by atoms with E-state index in [1.165, 1.54) is 0 Å². The molecule has 0 spiro atoms. The standard InChI is InChI=1S/C23H19NO5/c1-11-7-14-8-18-20(28-13(3)23(25)24-18)10-17(14)22(27-11)21-12(2)16-9-15(26-4)5-6-19(16)29-21/h5-10,13H,1-4H3. The lowest BCUT2D eigenvalue weighted by Crippen LogP contribution is -2.33. The van der Waals surface area contributed by atoms with Gasteiger partial charge in [-0.1, -0.05) is 0 Å². The molecule has 1 aromatic heterocycles. The van der Waals surface area contributed by atoms with Crippen LogP contribution in [0.2, 0.25) is 0 Å². The number of hydrogen-bond acceptors (Lipinski definition) is 5. The number of carbonyl (C=O) groups excluding carboxylic acids is 1. The number of nitrogens with zero attached hydrogens (tertiary/aromatic N) is 1. The zero-order valence-corrected chi connectivity index (χ0v) is 16.5. The quantitative estimate of drug-likeness (QED) is 0.673. The Hall–Kier alpha value is -3.54. The third-order valence-electron chi connectivity index (χ3n) is 5.23. The number of fused-ring (bicyclic) bond motifs is 3. The van der Waals surface area contributed by atoms with E-state index in [4.69, 9.17) is 18.6 Å². The Labute approximate surface area is 166 Å². The molecule has 3 heterocycles. The predicted molar refractivity (Wildman–Crippen MR) is 107 cm³/mol. The van der Waals surface area contributed by atoms with Crippen LogP contribution in [0.3, 0.4) is 0 Å². The van der Waals surface area contributed by atoms with Crippen LogP contribution in [0.5, 0.6) is 11.5 Å². The summed E-state index contributed by atoms with van der Waals surface area (Å²) in [5.74, 6) is 3.03. The molecule has 3 aromatic rings. The van der Waals surface area contributed by atoms with Crippen molar-refractivity contribution in [2.45, 2.75) is 26.9 Å². The van der Waals surface area contributed by atoms with Crippen molar-refractivity contribution >= 4 is 28.7 Å². The molecule has 2 aliphatic heterocycles. The van der Waals surface area contributed by atoms with Gasteiger partial charge < -0.3 is 18.6 Å². The first kappa shape index (κ1) is 17.6. The van der Waals surface area contributed by atoms with Crippen LogP contribution in [0.15, 0.2) is 45.5 Å². The van der Waals surface area contributed by atoms with E-state index < -0.39 is 6.10 Å². The van der Waals surface area contributed by atoms with E-state index in [-0.39, 0.29) is 5.91 Å². The van der Waals surface area contributed by atoms with Crippen molar-refractivity contribution in [1.82, 2.24) is 0 Å². The van der Waals surface area contributed by atoms with Crippen molar-refractivity contribution in [1.29, 1.82) is 0 Å². The third-order valence-corrected chi connectivity index (χ3v) is 5.23. The molecular formula is C23H19NO5. The van der Waals surface area contributed by atoms with Gasteiger partial charge in [-0.3, -0.25) is 4.79 Å². The lowest BCUT2D eigenvalue weighted by molar-refractivity contribution is -0.124. The number of carbonyl (C=O) groups is 1. The van der Waals surface area contributed by atoms with E-state index >= 15 is 0 Å². The second kappa shape index (κ2) is 6.24. The van der Waals surface area contributed by atoms with Crippen LogP contribution < -0.4 is 20.0 Å². The maximum Gasteiger partial charge on any atom is 0.287 e. The van der Waals surface area contributed by atoms with E-state index in [2.05, 4.69) is 4.99 Å². The number of furan rings is 1. The van der Waals surface area contributed by atoms with Gasteiger partial charge in [-0.2, -0.15) is 0 Å². The maximum absolute atomic E-state index is 11.9. The molecule has 0 N–H and O–H groups in total. The first-order valence-corrected chi connectivity index (χ1v) is 9.36. The topological polar surface area (TPSA) is 70.3 Å². The number of rotatable bonds is 2. The molecule has 0 fully saturated rings. The smallest absolute Gasteiger partial charge is 0.287 e. The Morgan fingerprint density at radius 1 is 1.14 bits per heavy atom. The summed E-state index contributed by atoms with van der Waals surface area (Å²) >= 11 is 0. The van der Waals surface area contributed by atoms with Crippen LogP contribution in [-0.4, -0.2) is 19.1 Å². The highest BCUT2D eigenvalue weighted by atomic mass is 16.5. The Bertz CT molecular complexity index is 1350. The van der Waals surface area contributed by atoms with Crippen molar-refractivity contribution in [3.05, 3.63) is 63.6 Å². The summed E-state index contributed by atoms with van der Waals surface area (Å²) < 4.78 is 23.4. The minimum atomic E-state index is -0.605. The van der Waals surface area contributed by atoms with Gasteiger partial charge in [0, 0.05) is 16.2 Å². The zero-order chi connectivity index (χ0) is 20.3. The zero-order valence-electron chi connectivity index (χ0n) is 16.5. The van der Waals surface area contributed by atoms with Crippen LogP contribution in [-0.2, 0) is 9.53 Å². The number of benzene rings is 2. The lowest BCUT2D eigenvalue weighted by Gasteiger charge is -2.20. The molecule has 2 aliphatic rings. The number of methoxy groups -OCH3 is 1. The molecule has 0 saturated heterocycles. The molecule has 1 unspecified atom stereocenters. The van der Waals surface area contributed by atoms with Crippen molar-refractivity contribution < 1.29 is 23.4 Å². The molecule has 2 aromatic carbocycles. The second-order valence-electron chi connectivity index (χ2n) is 7.22. The molecule has 29 heavy (non-hydrogen) atoms. The van der Waals surface area contributed by atoms with Crippen LogP contribution in [0, 0.1) is 6.92 Å². The summed E-state index contributed by atoms with van der Waals surface area (Å²) in [6.07, 6.45) is 1.31. The molecule has 0 aliphatic carbocycles. The van der Waals surface area contributed by atoms with Gasteiger partial charge in [0.15, 0.2) is 17.6 Å². The first-order valence-electron chi connectivity index (χ1n) is 9.36. The highest BCUT2D eigenvalue weighted by Crippen LogP contribution is 2.34. The van der Waals surface area contributed by atoms with Crippen molar-refractivity contribution in [3.8, 4) is 11.5 Å². The number of ether oxygens (including phenoxy) is 3. The first-order chi connectivity index (χ1) is 13.9.